The minimum Gasteiger partial charge on any atom is -0.371 e. The Morgan fingerprint density at radius 3 is 2.51 bits per heavy atom. The molecule has 6 nitrogen and oxygen atoms in total. The number of halogens is 3. The molecular weight excluding hydrogens is 455 g/mol. The molecule has 5 rings (SSSR count). The van der Waals surface area contributed by atoms with Crippen molar-refractivity contribution in [2.24, 2.45) is 5.41 Å². The van der Waals surface area contributed by atoms with E-state index in [-0.39, 0.29) is 22.9 Å². The molecule has 1 aliphatic carbocycles. The van der Waals surface area contributed by atoms with Crippen molar-refractivity contribution < 1.29 is 18.0 Å². The number of nitriles is 1. The van der Waals surface area contributed by atoms with Gasteiger partial charge in [-0.15, -0.1) is 0 Å². The number of alkyl halides is 3. The van der Waals surface area contributed by atoms with Crippen molar-refractivity contribution in [2.45, 2.75) is 56.9 Å². The molecule has 35 heavy (non-hydrogen) atoms. The third-order valence-corrected chi connectivity index (χ3v) is 7.59. The average molecular weight is 484 g/mol. The first-order valence-electron chi connectivity index (χ1n) is 12.1. The topological polar surface area (TPSA) is 72.3 Å². The van der Waals surface area contributed by atoms with Crippen LogP contribution in [-0.4, -0.2) is 47.5 Å². The maximum Gasteiger partial charge on any atom is 0.417 e. The number of hydrogen-bond donors (Lipinski definition) is 1. The summed E-state index contributed by atoms with van der Waals surface area (Å²) in [5, 5.41) is 12.2. The summed E-state index contributed by atoms with van der Waals surface area (Å²) in [6, 6.07) is 9.61. The van der Waals surface area contributed by atoms with Gasteiger partial charge < -0.3 is 10.2 Å². The summed E-state index contributed by atoms with van der Waals surface area (Å²) in [4.78, 5) is 21.4. The Kier molecular flexibility index (Phi) is 6.18. The SMILES string of the molecule is N#Cc1ccc(N2CCC3(CC2)CC(C(=O)NC2CC2)N(Cc2ccncc2)C3)cc1C(F)(F)F. The summed E-state index contributed by atoms with van der Waals surface area (Å²) in [5.41, 5.74) is 0.298. The zero-order valence-electron chi connectivity index (χ0n) is 19.4. The Bertz CT molecular complexity index is 1120. The first kappa shape index (κ1) is 23.6. The maximum absolute atomic E-state index is 13.4. The average Bonchev–Trinajstić information content (AvgIpc) is 3.60. The molecule has 3 aliphatic rings. The van der Waals surface area contributed by atoms with Crippen molar-refractivity contribution in [1.82, 2.24) is 15.2 Å². The Morgan fingerprint density at radius 1 is 1.17 bits per heavy atom. The second-order valence-corrected chi connectivity index (χ2v) is 10.1. The van der Waals surface area contributed by atoms with E-state index in [4.69, 9.17) is 5.26 Å². The molecule has 3 fully saturated rings. The number of carbonyl (C=O) groups excluding carboxylic acids is 1. The van der Waals surface area contributed by atoms with Gasteiger partial charge in [-0.2, -0.15) is 18.4 Å². The summed E-state index contributed by atoms with van der Waals surface area (Å²) in [6.45, 7) is 2.68. The van der Waals surface area contributed by atoms with E-state index < -0.39 is 11.7 Å². The van der Waals surface area contributed by atoms with Gasteiger partial charge in [0.1, 0.15) is 0 Å². The number of likely N-dealkylation sites (tertiary alicyclic amines) is 1. The van der Waals surface area contributed by atoms with Crippen LogP contribution < -0.4 is 10.2 Å². The Balaban J connectivity index is 1.31. The lowest BCUT2D eigenvalue weighted by Crippen LogP contribution is -2.43. The van der Waals surface area contributed by atoms with Crippen LogP contribution >= 0.6 is 0 Å². The van der Waals surface area contributed by atoms with E-state index in [1.807, 2.05) is 17.0 Å². The first-order chi connectivity index (χ1) is 16.8. The molecule has 1 saturated carbocycles. The van der Waals surface area contributed by atoms with E-state index >= 15 is 0 Å². The molecule has 2 aromatic rings. The van der Waals surface area contributed by atoms with Gasteiger partial charge >= 0.3 is 6.18 Å². The number of benzene rings is 1. The predicted molar refractivity (Wildman–Crippen MR) is 124 cm³/mol. The van der Waals surface area contributed by atoms with Gasteiger partial charge in [-0.3, -0.25) is 14.7 Å². The molecule has 3 heterocycles. The number of anilines is 1. The monoisotopic (exact) mass is 483 g/mol. The normalized spacial score (nSPS) is 22.2. The fourth-order valence-electron chi connectivity index (χ4n) is 5.48. The standard InChI is InChI=1S/C26H28F3N5O/c27-26(28,29)22-13-21(4-1-19(22)15-30)33-11-7-25(8-12-33)14-23(24(35)32-20-2-3-20)34(17-25)16-18-5-9-31-10-6-18/h1,4-6,9-10,13,20,23H,2-3,7-8,11-12,14,16-17H2,(H,32,35). The Hall–Kier alpha value is -3.12. The maximum atomic E-state index is 13.4. The summed E-state index contributed by atoms with van der Waals surface area (Å²) >= 11 is 0. The molecular formula is C26H28F3N5O. The fraction of sp³-hybridized carbons (Fsp3) is 0.500. The predicted octanol–water partition coefficient (Wildman–Crippen LogP) is 4.11. The molecule has 1 aromatic heterocycles. The highest BCUT2D eigenvalue weighted by Crippen LogP contribution is 2.45. The van der Waals surface area contributed by atoms with Crippen LogP contribution in [-0.2, 0) is 17.5 Å². The highest BCUT2D eigenvalue weighted by molar-refractivity contribution is 5.82. The molecule has 1 atom stereocenters. The van der Waals surface area contributed by atoms with Crippen LogP contribution in [0.2, 0.25) is 0 Å². The van der Waals surface area contributed by atoms with Crippen molar-refractivity contribution in [2.75, 3.05) is 24.5 Å². The van der Waals surface area contributed by atoms with Crippen LogP contribution in [0.3, 0.4) is 0 Å². The molecule has 1 N–H and O–H groups in total. The highest BCUT2D eigenvalue weighted by Gasteiger charge is 2.48. The van der Waals surface area contributed by atoms with E-state index in [0.717, 1.165) is 50.3 Å². The van der Waals surface area contributed by atoms with Gasteiger partial charge in [0, 0.05) is 50.3 Å². The van der Waals surface area contributed by atoms with Crippen LogP contribution in [0, 0.1) is 16.7 Å². The summed E-state index contributed by atoms with van der Waals surface area (Å²) in [6.07, 6.45) is 3.37. The third kappa shape index (κ3) is 5.13. The number of amides is 1. The summed E-state index contributed by atoms with van der Waals surface area (Å²) in [5.74, 6) is 0.0859. The van der Waals surface area contributed by atoms with Crippen molar-refractivity contribution >= 4 is 11.6 Å². The second kappa shape index (κ2) is 9.15. The fourth-order valence-corrected chi connectivity index (χ4v) is 5.48. The van der Waals surface area contributed by atoms with Gasteiger partial charge in [0.2, 0.25) is 5.91 Å². The van der Waals surface area contributed by atoms with Gasteiger partial charge in [-0.25, -0.2) is 0 Å². The Labute approximate surface area is 202 Å². The molecule has 0 radical (unpaired) electrons. The lowest BCUT2D eigenvalue weighted by atomic mass is 9.76. The van der Waals surface area contributed by atoms with Crippen molar-refractivity contribution in [3.63, 3.8) is 0 Å². The lowest BCUT2D eigenvalue weighted by Gasteiger charge is -2.40. The molecule has 9 heteroatoms. The molecule has 1 unspecified atom stereocenters. The van der Waals surface area contributed by atoms with Crippen molar-refractivity contribution in [1.29, 1.82) is 5.26 Å². The second-order valence-electron chi connectivity index (χ2n) is 10.1. The number of pyridine rings is 1. The minimum atomic E-state index is -4.57. The van der Waals surface area contributed by atoms with Gasteiger partial charge in [-0.05, 0) is 73.4 Å². The van der Waals surface area contributed by atoms with Crippen molar-refractivity contribution in [3.8, 4) is 6.07 Å². The molecule has 1 aromatic carbocycles. The number of carbonyl (C=O) groups is 1. The Morgan fingerprint density at radius 2 is 1.89 bits per heavy atom. The molecule has 2 saturated heterocycles. The van der Waals surface area contributed by atoms with Gasteiger partial charge in [0.25, 0.3) is 0 Å². The zero-order valence-corrected chi connectivity index (χ0v) is 19.4. The lowest BCUT2D eigenvalue weighted by molar-refractivity contribution is -0.137. The van der Waals surface area contributed by atoms with Gasteiger partial charge in [0.15, 0.2) is 0 Å². The van der Waals surface area contributed by atoms with Crippen LogP contribution in [0.1, 0.15) is 48.8 Å². The van der Waals surface area contributed by atoms with E-state index in [1.165, 1.54) is 6.07 Å². The van der Waals surface area contributed by atoms with E-state index in [2.05, 4.69) is 15.2 Å². The van der Waals surface area contributed by atoms with Crippen LogP contribution in [0.25, 0.3) is 0 Å². The van der Waals surface area contributed by atoms with Crippen LogP contribution in [0.4, 0.5) is 18.9 Å². The number of aromatic nitrogens is 1. The van der Waals surface area contributed by atoms with E-state index in [1.54, 1.807) is 24.5 Å². The quantitative estimate of drug-likeness (QED) is 0.693. The smallest absolute Gasteiger partial charge is 0.371 e. The summed E-state index contributed by atoms with van der Waals surface area (Å²) < 4.78 is 40.3. The minimum absolute atomic E-state index is 0.0471. The molecule has 1 amide bonds. The molecule has 1 spiro atoms. The molecule has 2 aliphatic heterocycles. The van der Waals surface area contributed by atoms with E-state index in [9.17, 15) is 18.0 Å². The largest absolute Gasteiger partial charge is 0.417 e. The highest BCUT2D eigenvalue weighted by atomic mass is 19.4. The van der Waals surface area contributed by atoms with Gasteiger partial charge in [-0.1, -0.05) is 0 Å². The number of hydrogen-bond acceptors (Lipinski definition) is 5. The zero-order chi connectivity index (χ0) is 24.6. The number of nitrogens with one attached hydrogen (secondary N) is 1. The van der Waals surface area contributed by atoms with E-state index in [0.29, 0.717) is 31.4 Å². The number of nitrogens with zero attached hydrogens (tertiary/aromatic N) is 4. The van der Waals surface area contributed by atoms with Crippen LogP contribution in [0.15, 0.2) is 42.7 Å². The number of piperidine rings is 1. The molecule has 0 bridgehead atoms. The third-order valence-electron chi connectivity index (χ3n) is 7.59. The van der Waals surface area contributed by atoms with Gasteiger partial charge in [0.05, 0.1) is 23.2 Å². The molecule has 184 valence electrons. The number of rotatable bonds is 5. The van der Waals surface area contributed by atoms with Crippen molar-refractivity contribution in [3.05, 3.63) is 59.4 Å². The first-order valence-corrected chi connectivity index (χ1v) is 12.1. The van der Waals surface area contributed by atoms with Crippen LogP contribution in [0.5, 0.6) is 0 Å². The summed E-state index contributed by atoms with van der Waals surface area (Å²) in [7, 11) is 0.